The molecule has 1 atom stereocenters. The minimum absolute atomic E-state index is 0.253. The van der Waals surface area contributed by atoms with Crippen LogP contribution in [0.15, 0.2) is 40.7 Å². The quantitative estimate of drug-likeness (QED) is 0.364. The predicted octanol–water partition coefficient (Wildman–Crippen LogP) is 0.931. The molecule has 0 aliphatic carbocycles. The Hall–Kier alpha value is -2.22. The summed E-state index contributed by atoms with van der Waals surface area (Å²) in [5, 5.41) is 17.4. The number of thioether (sulfide) groups is 1. The second kappa shape index (κ2) is 7.17. The number of aromatic nitrogens is 1. The van der Waals surface area contributed by atoms with Crippen LogP contribution >= 0.6 is 11.8 Å². The minimum Gasteiger partial charge on any atom is -0.618 e. The van der Waals surface area contributed by atoms with Crippen molar-refractivity contribution >= 4 is 23.8 Å². The van der Waals surface area contributed by atoms with Crippen molar-refractivity contribution in [3.05, 3.63) is 40.9 Å². The lowest BCUT2D eigenvalue weighted by atomic mass is 10.1. The Morgan fingerprint density at radius 1 is 1.50 bits per heavy atom. The number of urea groups is 1. The monoisotopic (exact) mass is 323 g/mol. The van der Waals surface area contributed by atoms with E-state index in [9.17, 15) is 14.8 Å². The van der Waals surface area contributed by atoms with Gasteiger partial charge in [-0.25, -0.2) is 9.59 Å². The normalized spacial score (nSPS) is 17.7. The number of hydrogen-bond acceptors (Lipinski definition) is 5. The lowest BCUT2D eigenvalue weighted by Crippen LogP contribution is -2.49. The van der Waals surface area contributed by atoms with Crippen LogP contribution in [0.3, 0.4) is 0 Å². The van der Waals surface area contributed by atoms with E-state index in [1.54, 1.807) is 32.0 Å². The molecule has 0 unspecified atom stereocenters. The third-order valence-corrected chi connectivity index (χ3v) is 4.06. The molecule has 1 aliphatic heterocycles. The van der Waals surface area contributed by atoms with Gasteiger partial charge in [0.15, 0.2) is 6.20 Å². The Balaban J connectivity index is 2.22. The van der Waals surface area contributed by atoms with E-state index in [4.69, 9.17) is 4.74 Å². The second-order valence-corrected chi connectivity index (χ2v) is 5.58. The van der Waals surface area contributed by atoms with Crippen LogP contribution in [0.5, 0.6) is 0 Å². The average molecular weight is 323 g/mol. The van der Waals surface area contributed by atoms with E-state index in [0.717, 1.165) is 4.73 Å². The Kier molecular flexibility index (Phi) is 5.26. The van der Waals surface area contributed by atoms with Crippen LogP contribution in [-0.4, -0.2) is 30.4 Å². The first-order chi connectivity index (χ1) is 10.5. The first kappa shape index (κ1) is 16.2. The van der Waals surface area contributed by atoms with Crippen molar-refractivity contribution < 1.29 is 19.1 Å². The van der Waals surface area contributed by atoms with Gasteiger partial charge in [-0.3, -0.25) is 0 Å². The van der Waals surface area contributed by atoms with E-state index in [0.29, 0.717) is 16.3 Å². The van der Waals surface area contributed by atoms with Crippen LogP contribution in [0.25, 0.3) is 0 Å². The summed E-state index contributed by atoms with van der Waals surface area (Å²) in [5.74, 6) is -0.181. The lowest BCUT2D eigenvalue weighted by Gasteiger charge is -2.26. The van der Waals surface area contributed by atoms with Gasteiger partial charge in [0.05, 0.1) is 18.2 Å². The molecule has 2 heterocycles. The summed E-state index contributed by atoms with van der Waals surface area (Å²) in [4.78, 5) is 23.7. The number of carbonyl (C=O) groups is 2. The van der Waals surface area contributed by atoms with Gasteiger partial charge in [-0.15, -0.1) is 0 Å². The Morgan fingerprint density at radius 3 is 2.95 bits per heavy atom. The van der Waals surface area contributed by atoms with Crippen LogP contribution in [0.1, 0.15) is 13.8 Å². The number of pyridine rings is 1. The molecular weight excluding hydrogens is 306 g/mol. The number of esters is 1. The maximum Gasteiger partial charge on any atom is 0.337 e. The van der Waals surface area contributed by atoms with Gasteiger partial charge >= 0.3 is 12.0 Å². The van der Waals surface area contributed by atoms with Gasteiger partial charge in [0.1, 0.15) is 0 Å². The zero-order valence-electron chi connectivity index (χ0n) is 12.3. The van der Waals surface area contributed by atoms with Crippen LogP contribution in [0.4, 0.5) is 4.79 Å². The highest BCUT2D eigenvalue weighted by Gasteiger charge is 2.29. The van der Waals surface area contributed by atoms with Crippen molar-refractivity contribution in [2.45, 2.75) is 24.9 Å². The molecule has 8 heteroatoms. The molecule has 0 fully saturated rings. The zero-order chi connectivity index (χ0) is 16.1. The third kappa shape index (κ3) is 3.70. The SMILES string of the molecule is CCOC(=O)C1=C(CSc2cccc[n+]2[O-])NC(=O)N[C@H]1C. The van der Waals surface area contributed by atoms with E-state index in [2.05, 4.69) is 10.6 Å². The van der Waals surface area contributed by atoms with E-state index in [1.807, 2.05) is 0 Å². The highest BCUT2D eigenvalue weighted by molar-refractivity contribution is 7.99. The Morgan fingerprint density at radius 2 is 2.27 bits per heavy atom. The van der Waals surface area contributed by atoms with Crippen molar-refractivity contribution in [1.29, 1.82) is 0 Å². The standard InChI is InChI=1S/C14H17N3O4S/c1-3-21-13(18)12-9(2)15-14(19)16-10(12)8-22-11-6-4-5-7-17(11)20/h4-7,9H,3,8H2,1-2H3,(H2,15,16,19)/t9-/m0/s1. The summed E-state index contributed by atoms with van der Waals surface area (Å²) in [7, 11) is 0. The lowest BCUT2D eigenvalue weighted by molar-refractivity contribution is -0.645. The van der Waals surface area contributed by atoms with Crippen molar-refractivity contribution in [2.24, 2.45) is 0 Å². The fraction of sp³-hybridized carbons (Fsp3) is 0.357. The smallest absolute Gasteiger partial charge is 0.337 e. The summed E-state index contributed by atoms with van der Waals surface area (Å²) in [6, 6.07) is 4.24. The highest BCUT2D eigenvalue weighted by atomic mass is 32.2. The van der Waals surface area contributed by atoms with Gasteiger partial charge < -0.3 is 20.6 Å². The number of nitrogens with one attached hydrogen (secondary N) is 2. The third-order valence-electron chi connectivity index (χ3n) is 3.02. The molecule has 0 radical (unpaired) electrons. The van der Waals surface area contributed by atoms with Crippen LogP contribution in [-0.2, 0) is 9.53 Å². The van der Waals surface area contributed by atoms with Crippen molar-refractivity contribution in [3.63, 3.8) is 0 Å². The van der Waals surface area contributed by atoms with Gasteiger partial charge in [0.2, 0.25) is 0 Å². The number of rotatable bonds is 5. The number of amides is 2. The number of hydrogen-bond donors (Lipinski definition) is 2. The van der Waals surface area contributed by atoms with Gasteiger partial charge in [-0.2, -0.15) is 4.73 Å². The molecule has 0 spiro atoms. The molecule has 0 saturated heterocycles. The van der Waals surface area contributed by atoms with Gasteiger partial charge in [-0.05, 0) is 31.7 Å². The summed E-state index contributed by atoms with van der Waals surface area (Å²) in [6.07, 6.45) is 1.40. The molecule has 0 aromatic carbocycles. The molecular formula is C14H17N3O4S. The molecule has 0 bridgehead atoms. The van der Waals surface area contributed by atoms with Crippen LogP contribution < -0.4 is 15.4 Å². The maximum atomic E-state index is 12.1. The second-order valence-electron chi connectivity index (χ2n) is 4.59. The average Bonchev–Trinajstić information content (AvgIpc) is 2.46. The molecule has 1 aliphatic rings. The van der Waals surface area contributed by atoms with E-state index in [1.165, 1.54) is 18.0 Å². The Labute approximate surface area is 132 Å². The first-order valence-electron chi connectivity index (χ1n) is 6.81. The molecule has 1 aromatic rings. The van der Waals surface area contributed by atoms with Crippen molar-refractivity contribution in [2.75, 3.05) is 12.4 Å². The zero-order valence-corrected chi connectivity index (χ0v) is 13.1. The van der Waals surface area contributed by atoms with Gasteiger partial charge in [0.25, 0.3) is 5.03 Å². The predicted molar refractivity (Wildman–Crippen MR) is 80.9 cm³/mol. The molecule has 2 N–H and O–H groups in total. The number of ether oxygens (including phenoxy) is 1. The minimum atomic E-state index is -0.471. The molecule has 1 aromatic heterocycles. The van der Waals surface area contributed by atoms with E-state index >= 15 is 0 Å². The molecule has 2 rings (SSSR count). The van der Waals surface area contributed by atoms with Crippen molar-refractivity contribution in [3.8, 4) is 0 Å². The van der Waals surface area contributed by atoms with E-state index < -0.39 is 12.0 Å². The van der Waals surface area contributed by atoms with Gasteiger partial charge in [0, 0.05) is 23.6 Å². The van der Waals surface area contributed by atoms with Crippen LogP contribution in [0.2, 0.25) is 0 Å². The topological polar surface area (TPSA) is 94.4 Å². The summed E-state index contributed by atoms with van der Waals surface area (Å²) in [6.45, 7) is 3.69. The fourth-order valence-electron chi connectivity index (χ4n) is 2.06. The molecule has 118 valence electrons. The molecule has 7 nitrogen and oxygen atoms in total. The van der Waals surface area contributed by atoms with Crippen LogP contribution in [0, 0.1) is 5.21 Å². The fourth-order valence-corrected chi connectivity index (χ4v) is 2.95. The summed E-state index contributed by atoms with van der Waals surface area (Å²) >= 11 is 1.24. The van der Waals surface area contributed by atoms with Gasteiger partial charge in [-0.1, -0.05) is 0 Å². The number of nitrogens with zero attached hydrogens (tertiary/aromatic N) is 1. The number of carbonyl (C=O) groups excluding carboxylic acids is 2. The largest absolute Gasteiger partial charge is 0.618 e. The Bertz CT molecular complexity index is 618. The molecule has 0 saturated carbocycles. The van der Waals surface area contributed by atoms with Crippen molar-refractivity contribution in [1.82, 2.24) is 10.6 Å². The molecule has 22 heavy (non-hydrogen) atoms. The summed E-state index contributed by atoms with van der Waals surface area (Å²) in [5.41, 5.74) is 0.839. The first-order valence-corrected chi connectivity index (χ1v) is 7.80. The summed E-state index contributed by atoms with van der Waals surface area (Å²) < 4.78 is 5.77. The highest BCUT2D eigenvalue weighted by Crippen LogP contribution is 2.21. The van der Waals surface area contributed by atoms with E-state index in [-0.39, 0.29) is 18.4 Å². The maximum absolute atomic E-state index is 12.1. The molecule has 2 amide bonds.